The highest BCUT2D eigenvalue weighted by molar-refractivity contribution is 5.20. The Bertz CT molecular complexity index is 452. The number of hydrogen-bond donors (Lipinski definition) is 1. The molecule has 10 heavy (non-hydrogen) atoms. The van der Waals surface area contributed by atoms with Crippen LogP contribution in [-0.2, 0) is 0 Å². The van der Waals surface area contributed by atoms with Crippen molar-refractivity contribution in [2.75, 3.05) is 0 Å². The Morgan fingerprint density at radius 2 is 2.60 bits per heavy atom. The first-order valence-corrected chi connectivity index (χ1v) is 2.94. The van der Waals surface area contributed by atoms with Crippen LogP contribution >= 0.6 is 0 Å². The summed E-state index contributed by atoms with van der Waals surface area (Å²) in [7, 11) is 0. The molecule has 1 aromatic rings. The smallest absolute Gasteiger partial charge is 0.248 e. The quantitative estimate of drug-likeness (QED) is 0.625. The highest BCUT2D eigenvalue weighted by atomic mass is 16.1. The van der Waals surface area contributed by atoms with Crippen molar-refractivity contribution in [2.24, 2.45) is 0 Å². The molecule has 1 fully saturated rings. The highest BCUT2D eigenvalue weighted by Gasteiger charge is 2.23. The standard InChI is InChI=1S/C8H9NO/c10-8-5-7(3-4-9-8)6-1-2-6/h3-6H,1-2H2,(H,9,10)/i1D2,2D2,6D. The lowest BCUT2D eigenvalue weighted by Crippen LogP contribution is -2.02. The summed E-state index contributed by atoms with van der Waals surface area (Å²) in [5.74, 6) is -1.98. The summed E-state index contributed by atoms with van der Waals surface area (Å²) < 4.78 is 37.4. The monoisotopic (exact) mass is 140 g/mol. The number of nitrogens with one attached hydrogen (secondary N) is 1. The van der Waals surface area contributed by atoms with Gasteiger partial charge >= 0.3 is 0 Å². The highest BCUT2D eigenvalue weighted by Crippen LogP contribution is 2.38. The van der Waals surface area contributed by atoms with Crippen molar-refractivity contribution < 1.29 is 6.85 Å². The first-order chi connectivity index (χ1) is 6.75. The number of pyridine rings is 1. The third kappa shape index (κ3) is 0.967. The molecule has 52 valence electrons. The Kier molecular flexibility index (Phi) is 0.499. The van der Waals surface area contributed by atoms with Gasteiger partial charge in [-0.25, -0.2) is 0 Å². The van der Waals surface area contributed by atoms with E-state index in [-0.39, 0.29) is 5.56 Å². The van der Waals surface area contributed by atoms with E-state index in [1.54, 1.807) is 0 Å². The van der Waals surface area contributed by atoms with Crippen molar-refractivity contribution in [3.63, 3.8) is 0 Å². The zero-order chi connectivity index (χ0) is 11.5. The fourth-order valence-electron chi connectivity index (χ4n) is 0.776. The fraction of sp³-hybridized carbons (Fsp3) is 0.375. The molecule has 2 nitrogen and oxygen atoms in total. The summed E-state index contributed by atoms with van der Waals surface area (Å²) in [5.41, 5.74) is -0.390. The summed E-state index contributed by atoms with van der Waals surface area (Å²) >= 11 is 0. The molecule has 1 aliphatic rings. The number of aromatic nitrogens is 1. The van der Waals surface area contributed by atoms with E-state index in [4.69, 9.17) is 6.85 Å². The Labute approximate surface area is 65.9 Å². The normalized spacial score (nSPS) is 37.8. The molecule has 0 atom stereocenters. The lowest BCUT2D eigenvalue weighted by atomic mass is 10.2. The van der Waals surface area contributed by atoms with Crippen molar-refractivity contribution in [1.29, 1.82) is 0 Å². The van der Waals surface area contributed by atoms with Crippen LogP contribution in [0, 0.1) is 0 Å². The van der Waals surface area contributed by atoms with Gasteiger partial charge in [-0.05, 0) is 30.3 Å². The number of aromatic amines is 1. The molecular weight excluding hydrogens is 126 g/mol. The van der Waals surface area contributed by atoms with E-state index in [9.17, 15) is 4.79 Å². The van der Waals surface area contributed by atoms with Crippen molar-refractivity contribution in [2.45, 2.75) is 18.6 Å². The molecular formula is C8H9NO. The Morgan fingerprint density at radius 3 is 3.20 bits per heavy atom. The molecule has 0 aromatic carbocycles. The van der Waals surface area contributed by atoms with Gasteiger partial charge in [0, 0.05) is 19.1 Å². The number of H-pyrrole nitrogens is 1. The molecule has 1 heterocycles. The molecule has 0 unspecified atom stereocenters. The van der Waals surface area contributed by atoms with E-state index in [0.717, 1.165) is 6.07 Å². The van der Waals surface area contributed by atoms with Gasteiger partial charge in [-0.1, -0.05) is 0 Å². The third-order valence-electron chi connectivity index (χ3n) is 1.31. The van der Waals surface area contributed by atoms with Crippen molar-refractivity contribution in [3.05, 3.63) is 34.2 Å². The predicted molar refractivity (Wildman–Crippen MR) is 39.0 cm³/mol. The van der Waals surface area contributed by atoms with Gasteiger partial charge in [-0.2, -0.15) is 0 Å². The molecule has 0 saturated heterocycles. The van der Waals surface area contributed by atoms with Gasteiger partial charge in [0.1, 0.15) is 0 Å². The van der Waals surface area contributed by atoms with E-state index < -0.39 is 24.2 Å². The van der Waals surface area contributed by atoms with Crippen LogP contribution in [0.4, 0.5) is 0 Å². The van der Waals surface area contributed by atoms with Crippen LogP contribution in [0.1, 0.15) is 31.1 Å². The van der Waals surface area contributed by atoms with Crippen LogP contribution in [0.15, 0.2) is 23.1 Å². The number of rotatable bonds is 1. The second-order valence-corrected chi connectivity index (χ2v) is 2.07. The predicted octanol–water partition coefficient (Wildman–Crippen LogP) is 1.25. The maximum Gasteiger partial charge on any atom is 0.248 e. The molecule has 0 bridgehead atoms. The summed E-state index contributed by atoms with van der Waals surface area (Å²) in [6.07, 6.45) is -3.22. The van der Waals surface area contributed by atoms with Crippen molar-refractivity contribution in [3.8, 4) is 0 Å². The molecule has 0 aliphatic heterocycles. The van der Waals surface area contributed by atoms with Gasteiger partial charge in [0.05, 0.1) is 0 Å². The second kappa shape index (κ2) is 1.97. The Hall–Kier alpha value is -1.05. The zero-order valence-corrected chi connectivity index (χ0v) is 5.14. The molecule has 1 aromatic heterocycles. The van der Waals surface area contributed by atoms with Crippen LogP contribution in [0.25, 0.3) is 0 Å². The van der Waals surface area contributed by atoms with Gasteiger partial charge in [0.25, 0.3) is 0 Å². The molecule has 0 spiro atoms. The summed E-state index contributed by atoms with van der Waals surface area (Å²) in [6.45, 7) is 0. The Balaban J connectivity index is 2.55. The van der Waals surface area contributed by atoms with Crippen LogP contribution in [-0.4, -0.2) is 4.98 Å². The van der Waals surface area contributed by atoms with Gasteiger partial charge in [0.2, 0.25) is 5.56 Å². The van der Waals surface area contributed by atoms with E-state index in [2.05, 4.69) is 4.98 Å². The zero-order valence-electron chi connectivity index (χ0n) is 10.1. The van der Waals surface area contributed by atoms with Crippen LogP contribution in [0.5, 0.6) is 0 Å². The van der Waals surface area contributed by atoms with Crippen molar-refractivity contribution >= 4 is 0 Å². The molecule has 0 radical (unpaired) electrons. The second-order valence-electron chi connectivity index (χ2n) is 2.07. The molecule has 1 N–H and O–H groups in total. The third-order valence-corrected chi connectivity index (χ3v) is 1.31. The van der Waals surface area contributed by atoms with E-state index >= 15 is 0 Å². The molecule has 0 amide bonds. The maximum atomic E-state index is 11.0. The average Bonchev–Trinajstić information content (AvgIpc) is 2.45. The summed E-state index contributed by atoms with van der Waals surface area (Å²) in [4.78, 5) is 13.3. The van der Waals surface area contributed by atoms with Gasteiger partial charge in [0.15, 0.2) is 0 Å². The van der Waals surface area contributed by atoms with Gasteiger partial charge in [-0.15, -0.1) is 0 Å². The largest absolute Gasteiger partial charge is 0.329 e. The van der Waals surface area contributed by atoms with E-state index in [0.29, 0.717) is 0 Å². The minimum atomic E-state index is -2.26. The van der Waals surface area contributed by atoms with Gasteiger partial charge in [-0.3, -0.25) is 4.79 Å². The summed E-state index contributed by atoms with van der Waals surface area (Å²) in [5, 5.41) is 0. The minimum Gasteiger partial charge on any atom is -0.329 e. The van der Waals surface area contributed by atoms with E-state index in [1.165, 1.54) is 12.3 Å². The molecule has 2 rings (SSSR count). The van der Waals surface area contributed by atoms with Crippen LogP contribution < -0.4 is 5.56 Å². The van der Waals surface area contributed by atoms with Crippen molar-refractivity contribution in [1.82, 2.24) is 4.98 Å². The van der Waals surface area contributed by atoms with Gasteiger partial charge < -0.3 is 4.98 Å². The molecule has 1 aliphatic carbocycles. The molecule has 1 saturated carbocycles. The summed E-state index contributed by atoms with van der Waals surface area (Å²) in [6, 6.07) is 2.42. The lowest BCUT2D eigenvalue weighted by molar-refractivity contribution is 1.09. The first kappa shape index (κ1) is 2.53. The van der Waals surface area contributed by atoms with Crippen LogP contribution in [0.3, 0.4) is 0 Å². The minimum absolute atomic E-state index is 0.0706. The average molecular weight is 140 g/mol. The SMILES string of the molecule is [2H]C1([2H])C([2H])([2H])C1([2H])c1cc[nH]c(=O)c1. The lowest BCUT2D eigenvalue weighted by Gasteiger charge is -1.92. The topological polar surface area (TPSA) is 32.9 Å². The maximum absolute atomic E-state index is 11.0. The number of hydrogen-bond acceptors (Lipinski definition) is 1. The Morgan fingerprint density at radius 1 is 1.80 bits per heavy atom. The van der Waals surface area contributed by atoms with E-state index in [1.807, 2.05) is 0 Å². The fourth-order valence-corrected chi connectivity index (χ4v) is 0.776. The molecule has 2 heteroatoms. The van der Waals surface area contributed by atoms with Crippen LogP contribution in [0.2, 0.25) is 0 Å². The first-order valence-electron chi connectivity index (χ1n) is 5.44.